The molecule has 1 unspecified atom stereocenters. The van der Waals surface area contributed by atoms with Crippen molar-refractivity contribution in [3.8, 4) is 0 Å². The molecule has 0 bridgehead atoms. The van der Waals surface area contributed by atoms with Gasteiger partial charge in [-0.05, 0) is 48.1 Å². The second-order valence-electron chi connectivity index (χ2n) is 7.55. The molecule has 1 aromatic carbocycles. The van der Waals surface area contributed by atoms with Gasteiger partial charge in [0.05, 0.1) is 0 Å². The van der Waals surface area contributed by atoms with E-state index in [-0.39, 0.29) is 0 Å². The van der Waals surface area contributed by atoms with Crippen LogP contribution in [-0.2, 0) is 11.2 Å². The zero-order chi connectivity index (χ0) is 16.1. The number of likely N-dealkylation sites (tertiary alicyclic amines) is 1. The summed E-state index contributed by atoms with van der Waals surface area (Å²) in [5.74, 6) is 2.01. The van der Waals surface area contributed by atoms with Crippen LogP contribution in [0.3, 0.4) is 0 Å². The number of benzene rings is 1. The quantitative estimate of drug-likeness (QED) is 0.776. The molecular weight excluding hydrogens is 270 g/mol. The fourth-order valence-electron chi connectivity index (χ4n) is 3.31. The predicted molar refractivity (Wildman–Crippen MR) is 93.0 cm³/mol. The summed E-state index contributed by atoms with van der Waals surface area (Å²) in [7, 11) is 0. The van der Waals surface area contributed by atoms with E-state index in [1.807, 2.05) is 0 Å². The van der Waals surface area contributed by atoms with Gasteiger partial charge in [0.15, 0.2) is 0 Å². The van der Waals surface area contributed by atoms with Crippen molar-refractivity contribution in [3.63, 3.8) is 0 Å². The van der Waals surface area contributed by atoms with Crippen molar-refractivity contribution in [3.05, 3.63) is 35.4 Å². The van der Waals surface area contributed by atoms with E-state index in [2.05, 4.69) is 56.9 Å². The fraction of sp³-hybridized carbons (Fsp3) is 0.650. The standard InChI is InChI=1S/C20H31NO/c1-15(2)12-20(22)21-11-5-6-18(14-21)13-17-7-9-19(10-8-17)16(3)4/h7-10,15-16,18H,5-6,11-14H2,1-4H3. The van der Waals surface area contributed by atoms with E-state index < -0.39 is 0 Å². The molecule has 2 rings (SSSR count). The third kappa shape index (κ3) is 4.86. The van der Waals surface area contributed by atoms with Crippen molar-refractivity contribution < 1.29 is 4.79 Å². The molecule has 0 aliphatic carbocycles. The van der Waals surface area contributed by atoms with Crippen molar-refractivity contribution in [2.24, 2.45) is 11.8 Å². The molecule has 1 fully saturated rings. The van der Waals surface area contributed by atoms with E-state index in [9.17, 15) is 4.79 Å². The second kappa shape index (κ2) is 7.80. The molecule has 1 atom stereocenters. The zero-order valence-electron chi connectivity index (χ0n) is 14.6. The molecule has 0 spiro atoms. The first-order valence-electron chi connectivity index (χ1n) is 8.82. The van der Waals surface area contributed by atoms with Crippen molar-refractivity contribution >= 4 is 5.91 Å². The van der Waals surface area contributed by atoms with Gasteiger partial charge >= 0.3 is 0 Å². The highest BCUT2D eigenvalue weighted by atomic mass is 16.2. The lowest BCUT2D eigenvalue weighted by atomic mass is 9.90. The highest BCUT2D eigenvalue weighted by Gasteiger charge is 2.24. The lowest BCUT2D eigenvalue weighted by molar-refractivity contribution is -0.133. The molecule has 1 aliphatic rings. The molecule has 2 nitrogen and oxygen atoms in total. The third-order valence-corrected chi connectivity index (χ3v) is 4.63. The predicted octanol–water partition coefficient (Wildman–Crippen LogP) is 4.64. The van der Waals surface area contributed by atoms with Gasteiger partial charge in [-0.15, -0.1) is 0 Å². The van der Waals surface area contributed by atoms with Crippen LogP contribution >= 0.6 is 0 Å². The van der Waals surface area contributed by atoms with Crippen molar-refractivity contribution in [1.82, 2.24) is 4.90 Å². The molecule has 0 aromatic heterocycles. The van der Waals surface area contributed by atoms with E-state index in [1.54, 1.807) is 0 Å². The van der Waals surface area contributed by atoms with E-state index in [4.69, 9.17) is 0 Å². The maximum Gasteiger partial charge on any atom is 0.222 e. The Labute approximate surface area is 135 Å². The molecule has 1 aliphatic heterocycles. The van der Waals surface area contributed by atoms with Crippen LogP contribution in [-0.4, -0.2) is 23.9 Å². The maximum absolute atomic E-state index is 12.3. The Kier molecular flexibility index (Phi) is 6.05. The third-order valence-electron chi connectivity index (χ3n) is 4.63. The summed E-state index contributed by atoms with van der Waals surface area (Å²) >= 11 is 0. The number of amides is 1. The molecule has 22 heavy (non-hydrogen) atoms. The Bertz CT molecular complexity index is 475. The molecule has 0 N–H and O–H groups in total. The van der Waals surface area contributed by atoms with Gasteiger partial charge in [-0.3, -0.25) is 4.79 Å². The maximum atomic E-state index is 12.3. The van der Waals surface area contributed by atoms with Crippen molar-refractivity contribution in [2.75, 3.05) is 13.1 Å². The van der Waals surface area contributed by atoms with Crippen LogP contribution in [0.25, 0.3) is 0 Å². The Hall–Kier alpha value is -1.31. The summed E-state index contributed by atoms with van der Waals surface area (Å²) in [5, 5.41) is 0. The van der Waals surface area contributed by atoms with Crippen molar-refractivity contribution in [1.29, 1.82) is 0 Å². The van der Waals surface area contributed by atoms with Gasteiger partial charge in [0.25, 0.3) is 0 Å². The molecule has 122 valence electrons. The van der Waals surface area contributed by atoms with Crippen LogP contribution in [0.4, 0.5) is 0 Å². The van der Waals surface area contributed by atoms with Gasteiger partial charge in [-0.25, -0.2) is 0 Å². The Morgan fingerprint density at radius 2 is 1.86 bits per heavy atom. The molecule has 1 amide bonds. The smallest absolute Gasteiger partial charge is 0.222 e. The average Bonchev–Trinajstić information content (AvgIpc) is 2.47. The molecule has 1 saturated heterocycles. The summed E-state index contributed by atoms with van der Waals surface area (Å²) < 4.78 is 0. The monoisotopic (exact) mass is 301 g/mol. The van der Waals surface area contributed by atoms with Crippen LogP contribution < -0.4 is 0 Å². The highest BCUT2D eigenvalue weighted by Crippen LogP contribution is 2.23. The molecule has 2 heteroatoms. The first kappa shape index (κ1) is 17.1. The number of rotatable bonds is 5. The summed E-state index contributed by atoms with van der Waals surface area (Å²) in [6.07, 6.45) is 4.19. The Balaban J connectivity index is 1.91. The SMILES string of the molecule is CC(C)CC(=O)N1CCCC(Cc2ccc(C(C)C)cc2)C1. The summed E-state index contributed by atoms with van der Waals surface area (Å²) in [6.45, 7) is 10.6. The second-order valence-corrected chi connectivity index (χ2v) is 7.55. The Morgan fingerprint density at radius 1 is 1.18 bits per heavy atom. The van der Waals surface area contributed by atoms with E-state index in [0.717, 1.165) is 25.9 Å². The zero-order valence-corrected chi connectivity index (χ0v) is 14.6. The van der Waals surface area contributed by atoms with Gasteiger partial charge in [0.1, 0.15) is 0 Å². The number of nitrogens with zero attached hydrogens (tertiary/aromatic N) is 1. The lowest BCUT2D eigenvalue weighted by Gasteiger charge is -2.33. The first-order chi connectivity index (χ1) is 10.5. The minimum absolute atomic E-state index is 0.342. The lowest BCUT2D eigenvalue weighted by Crippen LogP contribution is -2.40. The molecule has 1 heterocycles. The summed E-state index contributed by atoms with van der Waals surface area (Å²) in [4.78, 5) is 14.3. The van der Waals surface area contributed by atoms with E-state index in [1.165, 1.54) is 17.5 Å². The molecule has 0 saturated carbocycles. The van der Waals surface area contributed by atoms with Crippen LogP contribution in [0.2, 0.25) is 0 Å². The fourth-order valence-corrected chi connectivity index (χ4v) is 3.31. The van der Waals surface area contributed by atoms with Crippen LogP contribution in [0.15, 0.2) is 24.3 Å². The normalized spacial score (nSPS) is 19.0. The van der Waals surface area contributed by atoms with Gasteiger partial charge in [-0.2, -0.15) is 0 Å². The molecular formula is C20H31NO. The molecule has 1 aromatic rings. The number of carbonyl (C=O) groups excluding carboxylic acids is 1. The van der Waals surface area contributed by atoms with Crippen LogP contribution in [0, 0.1) is 11.8 Å². The number of hydrogen-bond acceptors (Lipinski definition) is 1. The minimum atomic E-state index is 0.342. The van der Waals surface area contributed by atoms with Crippen molar-refractivity contribution in [2.45, 2.75) is 59.3 Å². The topological polar surface area (TPSA) is 20.3 Å². The van der Waals surface area contributed by atoms with E-state index >= 15 is 0 Å². The van der Waals surface area contributed by atoms with Gasteiger partial charge < -0.3 is 4.90 Å². The number of hydrogen-bond donors (Lipinski definition) is 0. The van der Waals surface area contributed by atoms with Gasteiger partial charge in [0, 0.05) is 19.5 Å². The van der Waals surface area contributed by atoms with Crippen LogP contribution in [0.1, 0.15) is 64.0 Å². The van der Waals surface area contributed by atoms with Gasteiger partial charge in [-0.1, -0.05) is 52.0 Å². The number of carbonyl (C=O) groups is 1. The first-order valence-corrected chi connectivity index (χ1v) is 8.82. The highest BCUT2D eigenvalue weighted by molar-refractivity contribution is 5.76. The van der Waals surface area contributed by atoms with E-state index in [0.29, 0.717) is 30.1 Å². The summed E-state index contributed by atoms with van der Waals surface area (Å²) in [6, 6.07) is 9.05. The Morgan fingerprint density at radius 3 is 2.45 bits per heavy atom. The summed E-state index contributed by atoms with van der Waals surface area (Å²) in [5.41, 5.74) is 2.81. The van der Waals surface area contributed by atoms with Gasteiger partial charge in [0.2, 0.25) is 5.91 Å². The molecule has 0 radical (unpaired) electrons. The average molecular weight is 301 g/mol. The minimum Gasteiger partial charge on any atom is -0.342 e. The largest absolute Gasteiger partial charge is 0.342 e. The number of piperidine rings is 1. The van der Waals surface area contributed by atoms with Crippen LogP contribution in [0.5, 0.6) is 0 Å².